The van der Waals surface area contributed by atoms with Crippen LogP contribution in [-0.4, -0.2) is 30.5 Å². The third-order valence-electron chi connectivity index (χ3n) is 3.00. The Labute approximate surface area is 122 Å². The average molecular weight is 300 g/mol. The quantitative estimate of drug-likeness (QED) is 0.875. The number of aliphatic hydroxyl groups is 1. The van der Waals surface area contributed by atoms with Gasteiger partial charge in [-0.2, -0.15) is 0 Å². The van der Waals surface area contributed by atoms with Crippen LogP contribution in [0.2, 0.25) is 5.02 Å². The van der Waals surface area contributed by atoms with E-state index in [2.05, 4.69) is 5.32 Å². The van der Waals surface area contributed by atoms with Crippen LogP contribution >= 0.6 is 11.6 Å². The molecule has 2 N–H and O–H groups in total. The number of fused-ring (bicyclic) bond motifs is 1. The lowest BCUT2D eigenvalue weighted by atomic mass is 10.0. The maximum atomic E-state index is 12.2. The van der Waals surface area contributed by atoms with E-state index in [0.717, 1.165) is 0 Å². The van der Waals surface area contributed by atoms with Crippen LogP contribution in [0.1, 0.15) is 30.6 Å². The van der Waals surface area contributed by atoms with Gasteiger partial charge in [0.05, 0.1) is 17.7 Å². The Hall–Kier alpha value is -1.46. The van der Waals surface area contributed by atoms with Crippen LogP contribution in [0.15, 0.2) is 12.1 Å². The SMILES string of the molecule is CC(C)CC(CO)NC(=O)c1cc(Cl)c2c(c1)OCO2. The summed E-state index contributed by atoms with van der Waals surface area (Å²) in [6.45, 7) is 4.08. The van der Waals surface area contributed by atoms with Gasteiger partial charge in [0, 0.05) is 5.56 Å². The largest absolute Gasteiger partial charge is 0.454 e. The molecule has 0 spiro atoms. The zero-order valence-electron chi connectivity index (χ0n) is 11.5. The predicted molar refractivity (Wildman–Crippen MR) is 75.4 cm³/mol. The van der Waals surface area contributed by atoms with E-state index >= 15 is 0 Å². The summed E-state index contributed by atoms with van der Waals surface area (Å²) in [5.41, 5.74) is 0.390. The Balaban J connectivity index is 2.11. The van der Waals surface area contributed by atoms with Crippen molar-refractivity contribution in [2.45, 2.75) is 26.3 Å². The molecular weight excluding hydrogens is 282 g/mol. The van der Waals surface area contributed by atoms with Gasteiger partial charge in [-0.25, -0.2) is 0 Å². The summed E-state index contributed by atoms with van der Waals surface area (Å²) in [5, 5.41) is 12.4. The van der Waals surface area contributed by atoms with Gasteiger partial charge in [-0.15, -0.1) is 0 Å². The standard InChI is InChI=1S/C14H18ClNO4/c1-8(2)3-10(6-17)16-14(18)9-4-11(15)13-12(5-9)19-7-20-13/h4-5,8,10,17H,3,6-7H2,1-2H3,(H,16,18). The molecule has 0 bridgehead atoms. The van der Waals surface area contributed by atoms with E-state index < -0.39 is 0 Å². The summed E-state index contributed by atoms with van der Waals surface area (Å²) >= 11 is 6.04. The van der Waals surface area contributed by atoms with Crippen molar-refractivity contribution in [3.05, 3.63) is 22.7 Å². The first-order valence-electron chi connectivity index (χ1n) is 6.52. The second-order valence-corrected chi connectivity index (χ2v) is 5.58. The van der Waals surface area contributed by atoms with Gasteiger partial charge in [0.2, 0.25) is 6.79 Å². The first-order valence-corrected chi connectivity index (χ1v) is 6.90. The van der Waals surface area contributed by atoms with Crippen molar-refractivity contribution >= 4 is 17.5 Å². The maximum Gasteiger partial charge on any atom is 0.251 e. The highest BCUT2D eigenvalue weighted by Crippen LogP contribution is 2.39. The van der Waals surface area contributed by atoms with Gasteiger partial charge >= 0.3 is 0 Å². The Kier molecular flexibility index (Phi) is 4.73. The lowest BCUT2D eigenvalue weighted by Crippen LogP contribution is -2.38. The van der Waals surface area contributed by atoms with Gasteiger partial charge in [-0.3, -0.25) is 4.79 Å². The lowest BCUT2D eigenvalue weighted by Gasteiger charge is -2.18. The smallest absolute Gasteiger partial charge is 0.251 e. The van der Waals surface area contributed by atoms with E-state index in [1.807, 2.05) is 13.8 Å². The third kappa shape index (κ3) is 3.35. The molecule has 1 amide bonds. The molecular formula is C14H18ClNO4. The Morgan fingerprint density at radius 3 is 2.85 bits per heavy atom. The molecule has 6 heteroatoms. The van der Waals surface area contributed by atoms with Gasteiger partial charge in [-0.1, -0.05) is 25.4 Å². The molecule has 1 unspecified atom stereocenters. The maximum absolute atomic E-state index is 12.2. The van der Waals surface area contributed by atoms with E-state index in [4.69, 9.17) is 21.1 Å². The highest BCUT2D eigenvalue weighted by atomic mass is 35.5. The minimum atomic E-state index is -0.287. The molecule has 1 aromatic carbocycles. The first-order chi connectivity index (χ1) is 9.51. The summed E-state index contributed by atoms with van der Waals surface area (Å²) in [7, 11) is 0. The normalized spacial score (nSPS) is 14.4. The highest BCUT2D eigenvalue weighted by Gasteiger charge is 2.22. The fourth-order valence-corrected chi connectivity index (χ4v) is 2.38. The van der Waals surface area contributed by atoms with Crippen molar-refractivity contribution in [3.8, 4) is 11.5 Å². The molecule has 2 rings (SSSR count). The van der Waals surface area contributed by atoms with Gasteiger partial charge < -0.3 is 19.9 Å². The van der Waals surface area contributed by atoms with Crippen molar-refractivity contribution in [1.29, 1.82) is 0 Å². The number of ether oxygens (including phenoxy) is 2. The molecule has 0 saturated carbocycles. The third-order valence-corrected chi connectivity index (χ3v) is 3.28. The molecule has 1 aliphatic rings. The number of rotatable bonds is 5. The van der Waals surface area contributed by atoms with Crippen LogP contribution in [0.5, 0.6) is 11.5 Å². The zero-order chi connectivity index (χ0) is 14.7. The molecule has 1 heterocycles. The molecule has 5 nitrogen and oxygen atoms in total. The van der Waals surface area contributed by atoms with E-state index in [1.54, 1.807) is 6.07 Å². The van der Waals surface area contributed by atoms with Crippen molar-refractivity contribution in [2.75, 3.05) is 13.4 Å². The number of hydrogen-bond acceptors (Lipinski definition) is 4. The number of amides is 1. The lowest BCUT2D eigenvalue weighted by molar-refractivity contribution is 0.0908. The van der Waals surface area contributed by atoms with Gasteiger partial charge in [0.25, 0.3) is 5.91 Å². The van der Waals surface area contributed by atoms with Crippen molar-refractivity contribution in [1.82, 2.24) is 5.32 Å². The molecule has 0 saturated heterocycles. The summed E-state index contributed by atoms with van der Waals surface area (Å²) in [6, 6.07) is 2.85. The van der Waals surface area contributed by atoms with Gasteiger partial charge in [0.1, 0.15) is 0 Å². The minimum Gasteiger partial charge on any atom is -0.454 e. The van der Waals surface area contributed by atoms with Crippen LogP contribution in [0, 0.1) is 5.92 Å². The molecule has 0 aromatic heterocycles. The number of aliphatic hydroxyl groups excluding tert-OH is 1. The Bertz CT molecular complexity index is 504. The molecule has 1 aromatic rings. The Morgan fingerprint density at radius 1 is 1.45 bits per heavy atom. The van der Waals surface area contributed by atoms with E-state index in [9.17, 15) is 9.90 Å². The van der Waals surface area contributed by atoms with Crippen molar-refractivity contribution in [3.63, 3.8) is 0 Å². The number of benzene rings is 1. The van der Waals surface area contributed by atoms with Gasteiger partial charge in [0.15, 0.2) is 11.5 Å². The molecule has 1 atom stereocenters. The molecule has 20 heavy (non-hydrogen) atoms. The summed E-state index contributed by atoms with van der Waals surface area (Å²) in [6.07, 6.45) is 0.709. The molecule has 0 radical (unpaired) electrons. The summed E-state index contributed by atoms with van der Waals surface area (Å²) < 4.78 is 10.4. The molecule has 1 aliphatic heterocycles. The molecule has 110 valence electrons. The van der Waals surface area contributed by atoms with Crippen molar-refractivity contribution in [2.24, 2.45) is 5.92 Å². The van der Waals surface area contributed by atoms with Crippen LogP contribution in [0.4, 0.5) is 0 Å². The monoisotopic (exact) mass is 299 g/mol. The number of hydrogen-bond donors (Lipinski definition) is 2. The average Bonchev–Trinajstić information content (AvgIpc) is 2.86. The fourth-order valence-electron chi connectivity index (χ4n) is 2.12. The van der Waals surface area contributed by atoms with E-state index in [0.29, 0.717) is 34.4 Å². The van der Waals surface area contributed by atoms with E-state index in [-0.39, 0.29) is 25.3 Å². The van der Waals surface area contributed by atoms with Crippen molar-refractivity contribution < 1.29 is 19.4 Å². The summed E-state index contributed by atoms with van der Waals surface area (Å²) in [4.78, 5) is 12.2. The zero-order valence-corrected chi connectivity index (χ0v) is 12.2. The number of nitrogens with one attached hydrogen (secondary N) is 1. The van der Waals surface area contributed by atoms with Crippen LogP contribution in [-0.2, 0) is 0 Å². The topological polar surface area (TPSA) is 67.8 Å². The van der Waals surface area contributed by atoms with Crippen LogP contribution < -0.4 is 14.8 Å². The number of carbonyl (C=O) groups excluding carboxylic acids is 1. The summed E-state index contributed by atoms with van der Waals surface area (Å²) in [5.74, 6) is 1.02. The number of carbonyl (C=O) groups is 1. The number of halogens is 1. The fraction of sp³-hybridized carbons (Fsp3) is 0.500. The second kappa shape index (κ2) is 6.33. The predicted octanol–water partition coefficient (Wildman–Crippen LogP) is 2.21. The molecule has 0 aliphatic carbocycles. The first kappa shape index (κ1) is 14.9. The van der Waals surface area contributed by atoms with Crippen LogP contribution in [0.3, 0.4) is 0 Å². The minimum absolute atomic E-state index is 0.0950. The second-order valence-electron chi connectivity index (χ2n) is 5.17. The van der Waals surface area contributed by atoms with Gasteiger partial charge in [-0.05, 0) is 24.5 Å². The molecule has 0 fully saturated rings. The van der Waals surface area contributed by atoms with Crippen LogP contribution in [0.25, 0.3) is 0 Å². The van der Waals surface area contributed by atoms with E-state index in [1.165, 1.54) is 6.07 Å². The highest BCUT2D eigenvalue weighted by molar-refractivity contribution is 6.32. The Morgan fingerprint density at radius 2 is 2.20 bits per heavy atom.